The number of likely N-dealkylation sites (tertiary alicyclic amines) is 2. The molecule has 0 aliphatic carbocycles. The van der Waals surface area contributed by atoms with Crippen molar-refractivity contribution in [2.75, 3.05) is 32.8 Å². The van der Waals surface area contributed by atoms with Gasteiger partial charge in [-0.25, -0.2) is 0 Å². The third kappa shape index (κ3) is 6.08. The zero-order valence-corrected chi connectivity index (χ0v) is 20.2. The first-order valence-electron chi connectivity index (χ1n) is 12.0. The van der Waals surface area contributed by atoms with E-state index in [2.05, 4.69) is 0 Å². The Labute approximate surface area is 201 Å². The molecule has 0 aromatic heterocycles. The van der Waals surface area contributed by atoms with Gasteiger partial charge in [0.05, 0.1) is 6.61 Å². The van der Waals surface area contributed by atoms with Gasteiger partial charge < -0.3 is 14.5 Å². The highest BCUT2D eigenvalue weighted by atomic mass is 35.5. The highest BCUT2D eigenvalue weighted by molar-refractivity contribution is 6.30. The Kier molecular flexibility index (Phi) is 7.59. The fourth-order valence-corrected chi connectivity index (χ4v) is 4.90. The normalized spacial score (nSPS) is 18.1. The maximum atomic E-state index is 13.2. The number of carbonyl (C=O) groups excluding carboxylic acids is 2. The second-order valence-electron chi connectivity index (χ2n) is 9.52. The lowest BCUT2D eigenvalue weighted by atomic mass is 9.75. The second-order valence-corrected chi connectivity index (χ2v) is 9.96. The third-order valence-electron chi connectivity index (χ3n) is 7.00. The molecule has 33 heavy (non-hydrogen) atoms. The first kappa shape index (κ1) is 23.6. The van der Waals surface area contributed by atoms with Crippen LogP contribution in [-0.4, -0.2) is 54.4 Å². The summed E-state index contributed by atoms with van der Waals surface area (Å²) in [5, 5.41) is 0.667. The van der Waals surface area contributed by atoms with E-state index in [9.17, 15) is 9.59 Å². The summed E-state index contributed by atoms with van der Waals surface area (Å²) in [6.45, 7) is 5.44. The summed E-state index contributed by atoms with van der Waals surface area (Å²) >= 11 is 6.00. The molecule has 2 aromatic rings. The molecule has 0 saturated carbocycles. The molecular weight excluding hydrogens is 436 g/mol. The molecule has 2 fully saturated rings. The van der Waals surface area contributed by atoms with E-state index in [1.807, 2.05) is 65.3 Å². The van der Waals surface area contributed by atoms with Crippen LogP contribution in [0.25, 0.3) is 0 Å². The largest absolute Gasteiger partial charge is 0.493 e. The van der Waals surface area contributed by atoms with E-state index >= 15 is 0 Å². The van der Waals surface area contributed by atoms with Crippen molar-refractivity contribution in [2.24, 2.45) is 5.41 Å². The minimum Gasteiger partial charge on any atom is -0.493 e. The van der Waals surface area contributed by atoms with E-state index in [0.29, 0.717) is 31.1 Å². The molecule has 5 nitrogen and oxygen atoms in total. The topological polar surface area (TPSA) is 49.9 Å². The van der Waals surface area contributed by atoms with Gasteiger partial charge in [0.1, 0.15) is 5.75 Å². The number of rotatable bonds is 6. The third-order valence-corrected chi connectivity index (χ3v) is 7.26. The Hall–Kier alpha value is -2.53. The van der Waals surface area contributed by atoms with Crippen LogP contribution in [0.15, 0.2) is 48.5 Å². The Morgan fingerprint density at radius 2 is 1.52 bits per heavy atom. The molecule has 0 unspecified atom stereocenters. The second kappa shape index (κ2) is 10.6. The first-order valence-corrected chi connectivity index (χ1v) is 12.3. The predicted molar refractivity (Wildman–Crippen MR) is 131 cm³/mol. The number of aryl methyl sites for hydroxylation is 1. The maximum Gasteiger partial charge on any atom is 0.253 e. The van der Waals surface area contributed by atoms with Crippen LogP contribution < -0.4 is 4.74 Å². The monoisotopic (exact) mass is 468 g/mol. The van der Waals surface area contributed by atoms with Gasteiger partial charge in [0.25, 0.3) is 5.91 Å². The summed E-state index contributed by atoms with van der Waals surface area (Å²) in [4.78, 5) is 30.1. The first-order chi connectivity index (χ1) is 15.9. The molecule has 0 bridgehead atoms. The van der Waals surface area contributed by atoms with E-state index in [1.165, 1.54) is 6.42 Å². The molecule has 2 aliphatic heterocycles. The number of hydrogen-bond donors (Lipinski definition) is 0. The fourth-order valence-electron chi connectivity index (χ4n) is 4.78. The lowest BCUT2D eigenvalue weighted by Crippen LogP contribution is -2.48. The van der Waals surface area contributed by atoms with Gasteiger partial charge in [-0.3, -0.25) is 9.59 Å². The SMILES string of the molecule is Cc1ccc(C(=O)N2CCC(COc3ccc(Cl)cc3)(CC(=O)N3CCCCC3)CC2)cc1. The lowest BCUT2D eigenvalue weighted by Gasteiger charge is -2.42. The molecule has 0 atom stereocenters. The molecule has 2 amide bonds. The predicted octanol–water partition coefficient (Wildman–Crippen LogP) is 5.35. The van der Waals surface area contributed by atoms with Crippen molar-refractivity contribution in [1.82, 2.24) is 9.80 Å². The molecule has 0 spiro atoms. The van der Waals surface area contributed by atoms with Crippen LogP contribution in [0, 0.1) is 12.3 Å². The van der Waals surface area contributed by atoms with E-state index < -0.39 is 0 Å². The number of amides is 2. The molecule has 2 heterocycles. The standard InChI is InChI=1S/C27H33ClN2O3/c1-21-5-7-22(8-6-21)26(32)30-17-13-27(14-18-30,19-25(31)29-15-3-2-4-16-29)20-33-24-11-9-23(28)10-12-24/h5-12H,2-4,13-20H2,1H3. The van der Waals surface area contributed by atoms with Crippen LogP contribution in [-0.2, 0) is 4.79 Å². The summed E-state index contributed by atoms with van der Waals surface area (Å²) in [6.07, 6.45) is 5.32. The van der Waals surface area contributed by atoms with Crippen LogP contribution in [0.5, 0.6) is 5.75 Å². The molecule has 2 aromatic carbocycles. The van der Waals surface area contributed by atoms with Crippen molar-refractivity contribution in [2.45, 2.75) is 45.4 Å². The summed E-state index contributed by atoms with van der Waals surface area (Å²) < 4.78 is 6.15. The van der Waals surface area contributed by atoms with Crippen molar-refractivity contribution < 1.29 is 14.3 Å². The zero-order valence-electron chi connectivity index (χ0n) is 19.4. The van der Waals surface area contributed by atoms with Gasteiger partial charge in [-0.15, -0.1) is 0 Å². The van der Waals surface area contributed by atoms with Gasteiger partial charge in [0, 0.05) is 48.6 Å². The molecule has 0 N–H and O–H groups in total. The average molecular weight is 469 g/mol. The lowest BCUT2D eigenvalue weighted by molar-refractivity contribution is -0.136. The number of nitrogens with zero attached hydrogens (tertiary/aromatic N) is 2. The number of halogens is 1. The Morgan fingerprint density at radius 1 is 0.879 bits per heavy atom. The number of ether oxygens (including phenoxy) is 1. The van der Waals surface area contributed by atoms with Crippen molar-refractivity contribution >= 4 is 23.4 Å². The van der Waals surface area contributed by atoms with E-state index in [1.54, 1.807) is 0 Å². The van der Waals surface area contributed by atoms with Crippen molar-refractivity contribution in [3.8, 4) is 5.75 Å². The molecule has 4 rings (SSSR count). The molecule has 2 saturated heterocycles. The Balaban J connectivity index is 1.44. The number of carbonyl (C=O) groups is 2. The van der Waals surface area contributed by atoms with Gasteiger partial charge >= 0.3 is 0 Å². The minimum atomic E-state index is -0.280. The van der Waals surface area contributed by atoms with Crippen LogP contribution in [0.2, 0.25) is 5.02 Å². The summed E-state index contributed by atoms with van der Waals surface area (Å²) in [6, 6.07) is 15.1. The van der Waals surface area contributed by atoms with Gasteiger partial charge in [-0.2, -0.15) is 0 Å². The summed E-state index contributed by atoms with van der Waals surface area (Å²) in [7, 11) is 0. The van der Waals surface area contributed by atoms with Crippen LogP contribution in [0.4, 0.5) is 0 Å². The average Bonchev–Trinajstić information content (AvgIpc) is 2.85. The van der Waals surface area contributed by atoms with Gasteiger partial charge in [0.15, 0.2) is 0 Å². The van der Waals surface area contributed by atoms with Crippen LogP contribution in [0.3, 0.4) is 0 Å². The van der Waals surface area contributed by atoms with Gasteiger partial charge in [0.2, 0.25) is 5.91 Å². The van der Waals surface area contributed by atoms with Crippen LogP contribution >= 0.6 is 11.6 Å². The highest BCUT2D eigenvalue weighted by Gasteiger charge is 2.40. The van der Waals surface area contributed by atoms with Crippen molar-refractivity contribution in [3.63, 3.8) is 0 Å². The van der Waals surface area contributed by atoms with E-state index in [0.717, 1.165) is 55.6 Å². The van der Waals surface area contributed by atoms with Gasteiger partial charge in [-0.1, -0.05) is 29.3 Å². The number of piperidine rings is 2. The summed E-state index contributed by atoms with van der Waals surface area (Å²) in [5.41, 5.74) is 1.58. The minimum absolute atomic E-state index is 0.0598. The highest BCUT2D eigenvalue weighted by Crippen LogP contribution is 2.37. The molecule has 2 aliphatic rings. The molecule has 0 radical (unpaired) electrons. The zero-order chi connectivity index (χ0) is 23.3. The van der Waals surface area contributed by atoms with Crippen LogP contribution in [0.1, 0.15) is 54.4 Å². The van der Waals surface area contributed by atoms with E-state index in [4.69, 9.17) is 16.3 Å². The van der Waals surface area contributed by atoms with Crippen molar-refractivity contribution in [1.29, 1.82) is 0 Å². The maximum absolute atomic E-state index is 13.2. The Morgan fingerprint density at radius 3 is 2.15 bits per heavy atom. The number of benzene rings is 2. The van der Waals surface area contributed by atoms with Crippen molar-refractivity contribution in [3.05, 3.63) is 64.7 Å². The Bertz CT molecular complexity index is 944. The molecule has 6 heteroatoms. The smallest absolute Gasteiger partial charge is 0.253 e. The quantitative estimate of drug-likeness (QED) is 0.574. The molecule has 176 valence electrons. The molecular formula is C27H33ClN2O3. The van der Waals surface area contributed by atoms with E-state index in [-0.39, 0.29) is 17.2 Å². The summed E-state index contributed by atoms with van der Waals surface area (Å²) in [5.74, 6) is 1.03. The number of hydrogen-bond acceptors (Lipinski definition) is 3. The fraction of sp³-hybridized carbons (Fsp3) is 0.481. The van der Waals surface area contributed by atoms with Gasteiger partial charge in [-0.05, 0) is 75.4 Å².